The van der Waals surface area contributed by atoms with E-state index in [4.69, 9.17) is 17.3 Å². The molecule has 0 atom stereocenters. The molecule has 1 aliphatic rings. The zero-order chi connectivity index (χ0) is 17.1. The second kappa shape index (κ2) is 6.84. The first kappa shape index (κ1) is 16.2. The van der Waals surface area contributed by atoms with Gasteiger partial charge in [0.25, 0.3) is 11.8 Å². The molecule has 0 radical (unpaired) electrons. The molecule has 2 aromatic rings. The average Bonchev–Trinajstić information content (AvgIpc) is 2.61. The van der Waals surface area contributed by atoms with E-state index in [9.17, 15) is 9.59 Å². The highest BCUT2D eigenvalue weighted by Gasteiger charge is 2.23. The number of carbonyl (C=O) groups is 2. The second-order valence-electron chi connectivity index (χ2n) is 5.42. The van der Waals surface area contributed by atoms with Gasteiger partial charge in [-0.3, -0.25) is 14.6 Å². The van der Waals surface area contributed by atoms with E-state index in [1.807, 2.05) is 4.90 Å². The molecule has 24 heavy (non-hydrogen) atoms. The normalized spacial score (nSPS) is 14.5. The maximum Gasteiger partial charge on any atom is 0.268 e. The van der Waals surface area contributed by atoms with E-state index in [1.54, 1.807) is 35.4 Å². The van der Waals surface area contributed by atoms with E-state index < -0.39 is 5.91 Å². The SMILES string of the molecule is NC(=O)c1cncc(N2CCN(C(=O)c3cccc(Cl)c3)CC2)n1. The van der Waals surface area contributed by atoms with Gasteiger partial charge in [-0.1, -0.05) is 17.7 Å². The summed E-state index contributed by atoms with van der Waals surface area (Å²) >= 11 is 5.94. The fourth-order valence-electron chi connectivity index (χ4n) is 2.57. The van der Waals surface area contributed by atoms with Gasteiger partial charge < -0.3 is 15.5 Å². The Balaban J connectivity index is 1.66. The van der Waals surface area contributed by atoms with E-state index in [-0.39, 0.29) is 11.6 Å². The molecule has 8 heteroatoms. The number of hydrogen-bond acceptors (Lipinski definition) is 5. The van der Waals surface area contributed by atoms with Crippen LogP contribution in [-0.2, 0) is 0 Å². The molecule has 2 N–H and O–H groups in total. The van der Waals surface area contributed by atoms with Crippen LogP contribution >= 0.6 is 11.6 Å². The maximum atomic E-state index is 12.5. The van der Waals surface area contributed by atoms with E-state index >= 15 is 0 Å². The summed E-state index contributed by atoms with van der Waals surface area (Å²) in [7, 11) is 0. The van der Waals surface area contributed by atoms with Crippen LogP contribution in [0.15, 0.2) is 36.7 Å². The van der Waals surface area contributed by atoms with Crippen molar-refractivity contribution >= 4 is 29.2 Å². The molecule has 0 aliphatic carbocycles. The molecule has 1 saturated heterocycles. The highest BCUT2D eigenvalue weighted by Crippen LogP contribution is 2.16. The Bertz CT molecular complexity index is 775. The van der Waals surface area contributed by atoms with Gasteiger partial charge in [0.1, 0.15) is 11.5 Å². The number of nitrogens with zero attached hydrogens (tertiary/aromatic N) is 4. The Morgan fingerprint density at radius 1 is 1.12 bits per heavy atom. The maximum absolute atomic E-state index is 12.5. The molecule has 1 aliphatic heterocycles. The lowest BCUT2D eigenvalue weighted by Gasteiger charge is -2.35. The number of amides is 2. The van der Waals surface area contributed by atoms with Crippen LogP contribution in [0.1, 0.15) is 20.8 Å². The van der Waals surface area contributed by atoms with Crippen LogP contribution in [0.5, 0.6) is 0 Å². The quantitative estimate of drug-likeness (QED) is 0.902. The number of carbonyl (C=O) groups excluding carboxylic acids is 2. The minimum atomic E-state index is -0.612. The number of halogens is 1. The number of piperazine rings is 1. The summed E-state index contributed by atoms with van der Waals surface area (Å²) in [4.78, 5) is 35.6. The minimum Gasteiger partial charge on any atom is -0.364 e. The lowest BCUT2D eigenvalue weighted by Crippen LogP contribution is -2.49. The Morgan fingerprint density at radius 2 is 1.88 bits per heavy atom. The van der Waals surface area contributed by atoms with Gasteiger partial charge in [0, 0.05) is 36.8 Å². The third kappa shape index (κ3) is 3.46. The van der Waals surface area contributed by atoms with Crippen molar-refractivity contribution in [1.82, 2.24) is 14.9 Å². The predicted molar refractivity (Wildman–Crippen MR) is 90.1 cm³/mol. The van der Waals surface area contributed by atoms with Crippen LogP contribution in [0.2, 0.25) is 5.02 Å². The highest BCUT2D eigenvalue weighted by atomic mass is 35.5. The Hall–Kier alpha value is -2.67. The van der Waals surface area contributed by atoms with Crippen molar-refractivity contribution in [2.45, 2.75) is 0 Å². The highest BCUT2D eigenvalue weighted by molar-refractivity contribution is 6.30. The van der Waals surface area contributed by atoms with Crippen molar-refractivity contribution in [2.75, 3.05) is 31.1 Å². The van der Waals surface area contributed by atoms with E-state index in [0.717, 1.165) is 0 Å². The number of anilines is 1. The van der Waals surface area contributed by atoms with E-state index in [2.05, 4.69) is 9.97 Å². The molecule has 0 spiro atoms. The van der Waals surface area contributed by atoms with Gasteiger partial charge in [-0.15, -0.1) is 0 Å². The van der Waals surface area contributed by atoms with Crippen molar-refractivity contribution in [2.24, 2.45) is 5.73 Å². The molecule has 3 rings (SSSR count). The molecule has 124 valence electrons. The first-order valence-corrected chi connectivity index (χ1v) is 7.84. The van der Waals surface area contributed by atoms with Gasteiger partial charge in [-0.25, -0.2) is 4.98 Å². The summed E-state index contributed by atoms with van der Waals surface area (Å²) < 4.78 is 0. The molecule has 0 saturated carbocycles. The monoisotopic (exact) mass is 345 g/mol. The zero-order valence-electron chi connectivity index (χ0n) is 12.9. The van der Waals surface area contributed by atoms with Crippen molar-refractivity contribution in [3.05, 3.63) is 52.9 Å². The van der Waals surface area contributed by atoms with Gasteiger partial charge in [0.15, 0.2) is 0 Å². The minimum absolute atomic E-state index is 0.0471. The van der Waals surface area contributed by atoms with Crippen LogP contribution in [0, 0.1) is 0 Å². The van der Waals surface area contributed by atoms with Crippen molar-refractivity contribution in [3.8, 4) is 0 Å². The van der Waals surface area contributed by atoms with Gasteiger partial charge in [-0.05, 0) is 18.2 Å². The second-order valence-corrected chi connectivity index (χ2v) is 5.85. The number of aromatic nitrogens is 2. The predicted octanol–water partition coefficient (Wildman–Crippen LogP) is 1.19. The van der Waals surface area contributed by atoms with E-state index in [1.165, 1.54) is 6.20 Å². The molecule has 7 nitrogen and oxygen atoms in total. The van der Waals surface area contributed by atoms with Gasteiger partial charge in [0.2, 0.25) is 0 Å². The molecule has 1 fully saturated rings. The third-order valence-corrected chi connectivity index (χ3v) is 4.07. The lowest BCUT2D eigenvalue weighted by atomic mass is 10.2. The fraction of sp³-hybridized carbons (Fsp3) is 0.250. The van der Waals surface area contributed by atoms with Crippen molar-refractivity contribution in [3.63, 3.8) is 0 Å². The molecule has 2 heterocycles. The number of nitrogens with two attached hydrogens (primary N) is 1. The van der Waals surface area contributed by atoms with Gasteiger partial charge >= 0.3 is 0 Å². The average molecular weight is 346 g/mol. The zero-order valence-corrected chi connectivity index (χ0v) is 13.6. The first-order chi connectivity index (χ1) is 11.5. The van der Waals surface area contributed by atoms with Gasteiger partial charge in [0.05, 0.1) is 12.4 Å². The summed E-state index contributed by atoms with van der Waals surface area (Å²) in [6, 6.07) is 6.91. The number of hydrogen-bond donors (Lipinski definition) is 1. The van der Waals surface area contributed by atoms with Crippen molar-refractivity contribution in [1.29, 1.82) is 0 Å². The molecule has 1 aromatic heterocycles. The summed E-state index contributed by atoms with van der Waals surface area (Å²) in [6.07, 6.45) is 2.92. The Labute approximate surface area is 144 Å². The third-order valence-electron chi connectivity index (χ3n) is 3.84. The Kier molecular flexibility index (Phi) is 4.61. The molecule has 0 bridgehead atoms. The lowest BCUT2D eigenvalue weighted by molar-refractivity contribution is 0.0746. The number of benzene rings is 1. The largest absolute Gasteiger partial charge is 0.364 e. The number of rotatable bonds is 3. The summed E-state index contributed by atoms with van der Waals surface area (Å²) in [5.41, 5.74) is 5.93. The summed E-state index contributed by atoms with van der Waals surface area (Å²) in [5.74, 6) is -0.0746. The Morgan fingerprint density at radius 3 is 2.54 bits per heavy atom. The molecule has 0 unspecified atom stereocenters. The topological polar surface area (TPSA) is 92.4 Å². The first-order valence-electron chi connectivity index (χ1n) is 7.46. The summed E-state index contributed by atoms with van der Waals surface area (Å²) in [5, 5.41) is 0.540. The van der Waals surface area contributed by atoms with Crippen LogP contribution in [-0.4, -0.2) is 52.9 Å². The summed E-state index contributed by atoms with van der Waals surface area (Å²) in [6.45, 7) is 2.30. The van der Waals surface area contributed by atoms with Crippen molar-refractivity contribution < 1.29 is 9.59 Å². The van der Waals surface area contributed by atoms with Crippen LogP contribution in [0.25, 0.3) is 0 Å². The molecular formula is C16H16ClN5O2. The smallest absolute Gasteiger partial charge is 0.268 e. The fourth-order valence-corrected chi connectivity index (χ4v) is 2.76. The van der Waals surface area contributed by atoms with Crippen LogP contribution < -0.4 is 10.6 Å². The van der Waals surface area contributed by atoms with Crippen LogP contribution in [0.4, 0.5) is 5.82 Å². The van der Waals surface area contributed by atoms with Gasteiger partial charge in [-0.2, -0.15) is 0 Å². The standard InChI is InChI=1S/C16H16ClN5O2/c17-12-3-1-2-11(8-12)16(24)22-6-4-21(5-7-22)14-10-19-9-13(20-14)15(18)23/h1-3,8-10H,4-7H2,(H2,18,23). The molecule has 2 amide bonds. The van der Waals surface area contributed by atoms with Crippen LogP contribution in [0.3, 0.4) is 0 Å². The van der Waals surface area contributed by atoms with E-state index in [0.29, 0.717) is 42.6 Å². The molecular weight excluding hydrogens is 330 g/mol. The molecule has 1 aromatic carbocycles. The number of primary amides is 1.